The first-order chi connectivity index (χ1) is 10.5. The van der Waals surface area contributed by atoms with Gasteiger partial charge < -0.3 is 29.4 Å². The zero-order valence-electron chi connectivity index (χ0n) is 11.4. The second-order valence-corrected chi connectivity index (χ2v) is 5.74. The molecule has 1 fully saturated rings. The smallest absolute Gasteiger partial charge is 0.349 e. The van der Waals surface area contributed by atoms with Crippen molar-refractivity contribution in [1.29, 1.82) is 0 Å². The Morgan fingerprint density at radius 3 is 2.82 bits per heavy atom. The number of ether oxygens (including phenoxy) is 2. The van der Waals surface area contributed by atoms with Crippen molar-refractivity contribution in [3.05, 3.63) is 21.2 Å². The van der Waals surface area contributed by atoms with Gasteiger partial charge in [0.1, 0.15) is 24.0 Å². The Morgan fingerprint density at radius 1 is 1.50 bits per heavy atom. The molecule has 0 aromatic carbocycles. The summed E-state index contributed by atoms with van der Waals surface area (Å²) in [5, 5.41) is 29.6. The van der Waals surface area contributed by atoms with Gasteiger partial charge in [-0.2, -0.15) is 4.98 Å². The molecule has 0 unspecified atom stereocenters. The van der Waals surface area contributed by atoms with Gasteiger partial charge in [0.2, 0.25) is 5.88 Å². The molecule has 4 atom stereocenters. The number of halogens is 1. The third-order valence-electron chi connectivity index (χ3n) is 3.61. The van der Waals surface area contributed by atoms with Crippen molar-refractivity contribution in [2.75, 3.05) is 13.7 Å². The summed E-state index contributed by atoms with van der Waals surface area (Å²) in [4.78, 5) is 17.9. The lowest BCUT2D eigenvalue weighted by atomic mass is 10.1. The van der Waals surface area contributed by atoms with Gasteiger partial charge in [0.15, 0.2) is 6.23 Å². The number of hydrogen-bond donors (Lipinski definition) is 4. The van der Waals surface area contributed by atoms with Crippen molar-refractivity contribution in [3.63, 3.8) is 0 Å². The molecule has 0 aliphatic carbocycles. The Bertz CT molecular complexity index is 759. The van der Waals surface area contributed by atoms with Gasteiger partial charge in [0, 0.05) is 6.20 Å². The second-order valence-electron chi connectivity index (χ2n) is 4.89. The first-order valence-corrected chi connectivity index (χ1v) is 7.24. The molecule has 1 aliphatic heterocycles. The van der Waals surface area contributed by atoms with Gasteiger partial charge in [-0.3, -0.25) is 4.98 Å². The zero-order chi connectivity index (χ0) is 16.0. The summed E-state index contributed by atoms with van der Waals surface area (Å²) in [7, 11) is 1.39. The first kappa shape index (κ1) is 15.4. The van der Waals surface area contributed by atoms with Crippen LogP contribution in [0.1, 0.15) is 6.23 Å². The van der Waals surface area contributed by atoms with Gasteiger partial charge >= 0.3 is 5.69 Å². The standard InChI is InChI=1S/C12H14BrN3O6/c1-21-10-6-4(13)2-16(9(6)14-12(20)15-10)11-8(19)7(18)5(3-17)22-11/h2,5,7-8,11,17-19H,3H2,1H3,(H,14,15,20)/t5-,7-,8-,11-/m0/s1. The molecule has 0 bridgehead atoms. The highest BCUT2D eigenvalue weighted by molar-refractivity contribution is 9.10. The van der Waals surface area contributed by atoms with Crippen molar-refractivity contribution >= 4 is 27.0 Å². The van der Waals surface area contributed by atoms with Gasteiger partial charge in [0.25, 0.3) is 0 Å². The highest BCUT2D eigenvalue weighted by Gasteiger charge is 2.44. The fraction of sp³-hybridized carbons (Fsp3) is 0.500. The minimum Gasteiger partial charge on any atom is -0.480 e. The van der Waals surface area contributed by atoms with E-state index in [0.29, 0.717) is 15.5 Å². The molecule has 2 aromatic heterocycles. The van der Waals surface area contributed by atoms with Crippen LogP contribution in [-0.4, -0.2) is 61.9 Å². The summed E-state index contributed by atoms with van der Waals surface area (Å²) in [5.74, 6) is 0.121. The Morgan fingerprint density at radius 2 is 2.23 bits per heavy atom. The normalized spacial score (nSPS) is 28.4. The number of aromatic nitrogens is 3. The molecule has 10 heteroatoms. The summed E-state index contributed by atoms with van der Waals surface area (Å²) < 4.78 is 12.6. The monoisotopic (exact) mass is 375 g/mol. The third kappa shape index (κ3) is 2.23. The number of hydrogen-bond acceptors (Lipinski definition) is 7. The number of rotatable bonds is 3. The number of H-pyrrole nitrogens is 1. The molecular formula is C12H14BrN3O6. The summed E-state index contributed by atoms with van der Waals surface area (Å²) in [6, 6.07) is 0. The summed E-state index contributed by atoms with van der Waals surface area (Å²) in [6.45, 7) is -0.434. The van der Waals surface area contributed by atoms with E-state index in [-0.39, 0.29) is 5.88 Å². The number of methoxy groups -OCH3 is 1. The molecule has 120 valence electrons. The van der Waals surface area contributed by atoms with E-state index >= 15 is 0 Å². The van der Waals surface area contributed by atoms with Crippen molar-refractivity contribution in [3.8, 4) is 5.88 Å². The van der Waals surface area contributed by atoms with Crippen LogP contribution >= 0.6 is 15.9 Å². The van der Waals surface area contributed by atoms with Crippen LogP contribution in [0, 0.1) is 0 Å². The van der Waals surface area contributed by atoms with E-state index in [9.17, 15) is 15.0 Å². The van der Waals surface area contributed by atoms with Crippen LogP contribution in [0.4, 0.5) is 0 Å². The number of aromatic amines is 1. The minimum atomic E-state index is -1.26. The quantitative estimate of drug-likeness (QED) is 0.547. The van der Waals surface area contributed by atoms with Crippen molar-refractivity contribution in [2.24, 2.45) is 0 Å². The molecule has 22 heavy (non-hydrogen) atoms. The fourth-order valence-electron chi connectivity index (χ4n) is 2.56. The van der Waals surface area contributed by atoms with Gasteiger partial charge in [-0.1, -0.05) is 0 Å². The molecule has 3 heterocycles. The van der Waals surface area contributed by atoms with E-state index in [1.807, 2.05) is 0 Å². The van der Waals surface area contributed by atoms with Crippen LogP contribution in [-0.2, 0) is 4.74 Å². The number of nitrogens with zero attached hydrogens (tertiary/aromatic N) is 2. The number of aliphatic hydroxyl groups excluding tert-OH is 3. The van der Waals surface area contributed by atoms with E-state index < -0.39 is 36.8 Å². The highest BCUT2D eigenvalue weighted by atomic mass is 79.9. The molecule has 0 amide bonds. The lowest BCUT2D eigenvalue weighted by Crippen LogP contribution is -2.33. The Hall–Kier alpha value is -1.46. The first-order valence-electron chi connectivity index (χ1n) is 6.44. The lowest BCUT2D eigenvalue weighted by Gasteiger charge is -2.17. The molecule has 0 saturated carbocycles. The minimum absolute atomic E-state index is 0.121. The maximum absolute atomic E-state index is 11.6. The average molecular weight is 376 g/mol. The van der Waals surface area contributed by atoms with Gasteiger partial charge in [-0.25, -0.2) is 4.79 Å². The highest BCUT2D eigenvalue weighted by Crippen LogP contribution is 2.36. The topological polar surface area (TPSA) is 130 Å². The lowest BCUT2D eigenvalue weighted by molar-refractivity contribution is -0.0509. The summed E-state index contributed by atoms with van der Waals surface area (Å²) >= 11 is 3.34. The van der Waals surface area contributed by atoms with Crippen LogP contribution in [0.25, 0.3) is 11.0 Å². The molecule has 3 rings (SSSR count). The average Bonchev–Trinajstić information content (AvgIpc) is 2.97. The predicted molar refractivity (Wildman–Crippen MR) is 77.6 cm³/mol. The van der Waals surface area contributed by atoms with E-state index in [2.05, 4.69) is 25.9 Å². The van der Waals surface area contributed by atoms with Crippen LogP contribution in [0.2, 0.25) is 0 Å². The van der Waals surface area contributed by atoms with Gasteiger partial charge in [-0.15, -0.1) is 0 Å². The summed E-state index contributed by atoms with van der Waals surface area (Å²) in [5.41, 5.74) is -0.304. The molecule has 9 nitrogen and oxygen atoms in total. The van der Waals surface area contributed by atoms with Crippen molar-refractivity contribution in [1.82, 2.24) is 14.5 Å². The third-order valence-corrected chi connectivity index (χ3v) is 4.21. The number of nitrogens with one attached hydrogen (secondary N) is 1. The summed E-state index contributed by atoms with van der Waals surface area (Å²) in [6.07, 6.45) is -2.80. The molecular weight excluding hydrogens is 362 g/mol. The van der Waals surface area contributed by atoms with E-state index in [0.717, 1.165) is 0 Å². The molecule has 1 aliphatic rings. The maximum atomic E-state index is 11.6. The number of fused-ring (bicyclic) bond motifs is 1. The second kappa shape index (κ2) is 5.63. The number of aliphatic hydroxyl groups is 3. The van der Waals surface area contributed by atoms with Crippen molar-refractivity contribution < 1.29 is 24.8 Å². The van der Waals surface area contributed by atoms with Crippen LogP contribution < -0.4 is 10.4 Å². The molecule has 4 N–H and O–H groups in total. The molecule has 1 saturated heterocycles. The van der Waals surface area contributed by atoms with Crippen LogP contribution in [0.15, 0.2) is 15.5 Å². The maximum Gasteiger partial charge on any atom is 0.349 e. The van der Waals surface area contributed by atoms with Gasteiger partial charge in [0.05, 0.1) is 23.6 Å². The van der Waals surface area contributed by atoms with Crippen LogP contribution in [0.5, 0.6) is 5.88 Å². The van der Waals surface area contributed by atoms with E-state index in [4.69, 9.17) is 14.6 Å². The van der Waals surface area contributed by atoms with E-state index in [1.54, 1.807) is 6.20 Å². The predicted octanol–water partition coefficient (Wildman–Crippen LogP) is -0.893. The Labute approximate surface area is 132 Å². The molecule has 2 aromatic rings. The van der Waals surface area contributed by atoms with E-state index in [1.165, 1.54) is 11.7 Å². The Balaban J connectivity index is 2.16. The molecule has 0 radical (unpaired) electrons. The molecule has 0 spiro atoms. The van der Waals surface area contributed by atoms with Gasteiger partial charge in [-0.05, 0) is 15.9 Å². The zero-order valence-corrected chi connectivity index (χ0v) is 13.0. The Kier molecular flexibility index (Phi) is 3.95. The largest absolute Gasteiger partial charge is 0.480 e. The van der Waals surface area contributed by atoms with Crippen LogP contribution in [0.3, 0.4) is 0 Å². The SMILES string of the molecule is COc1nc(=O)[nH]c2c1c(Br)cn2[C@H]1O[C@@H](CO)[C@H](O)[C@@H]1O. The van der Waals surface area contributed by atoms with Crippen molar-refractivity contribution in [2.45, 2.75) is 24.5 Å². The fourth-order valence-corrected chi connectivity index (χ4v) is 3.14.